The van der Waals surface area contributed by atoms with Crippen molar-refractivity contribution >= 4 is 17.7 Å². The van der Waals surface area contributed by atoms with Crippen LogP contribution in [-0.2, 0) is 10.3 Å². The predicted molar refractivity (Wildman–Crippen MR) is 85.7 cm³/mol. The number of hydrogen-bond donors (Lipinski definition) is 2. The number of nitrogens with one attached hydrogen (secondary N) is 1. The van der Waals surface area contributed by atoms with Crippen LogP contribution >= 0.6 is 11.8 Å². The molecule has 1 saturated carbocycles. The SMILES string of the molecule is CCSC1CCCC1NC(=O)C(C)(N)c1ccccc1. The summed E-state index contributed by atoms with van der Waals surface area (Å²) >= 11 is 1.94. The van der Waals surface area contributed by atoms with Gasteiger partial charge in [0.2, 0.25) is 5.91 Å². The average Bonchev–Trinajstić information content (AvgIpc) is 2.87. The minimum Gasteiger partial charge on any atom is -0.350 e. The Hall–Kier alpha value is -1.00. The lowest BCUT2D eigenvalue weighted by Gasteiger charge is -2.28. The number of thioether (sulfide) groups is 1. The molecule has 0 spiro atoms. The van der Waals surface area contributed by atoms with Crippen molar-refractivity contribution in [3.8, 4) is 0 Å². The lowest BCUT2D eigenvalue weighted by atomic mass is 9.92. The zero-order valence-electron chi connectivity index (χ0n) is 12.3. The van der Waals surface area contributed by atoms with Gasteiger partial charge in [-0.15, -0.1) is 0 Å². The summed E-state index contributed by atoms with van der Waals surface area (Å²) < 4.78 is 0. The molecular weight excluding hydrogens is 268 g/mol. The average molecular weight is 292 g/mol. The molecule has 3 atom stereocenters. The van der Waals surface area contributed by atoms with Gasteiger partial charge in [-0.25, -0.2) is 0 Å². The van der Waals surface area contributed by atoms with Crippen LogP contribution in [0.25, 0.3) is 0 Å². The molecule has 1 aliphatic carbocycles. The minimum absolute atomic E-state index is 0.0719. The molecule has 1 aromatic carbocycles. The van der Waals surface area contributed by atoms with Gasteiger partial charge in [-0.2, -0.15) is 11.8 Å². The first-order valence-electron chi connectivity index (χ1n) is 7.32. The second-order valence-electron chi connectivity index (χ2n) is 5.57. The van der Waals surface area contributed by atoms with Gasteiger partial charge in [0, 0.05) is 11.3 Å². The molecular formula is C16H24N2OS. The van der Waals surface area contributed by atoms with Crippen LogP contribution in [-0.4, -0.2) is 23.0 Å². The van der Waals surface area contributed by atoms with Crippen LogP contribution < -0.4 is 11.1 Å². The van der Waals surface area contributed by atoms with Crippen molar-refractivity contribution in [2.45, 2.75) is 49.9 Å². The topological polar surface area (TPSA) is 55.1 Å². The Balaban J connectivity index is 2.04. The van der Waals surface area contributed by atoms with Crippen molar-refractivity contribution in [2.75, 3.05) is 5.75 Å². The third-order valence-electron chi connectivity index (χ3n) is 3.99. The summed E-state index contributed by atoms with van der Waals surface area (Å²) in [6.07, 6.45) is 3.44. The van der Waals surface area contributed by atoms with E-state index in [1.165, 1.54) is 12.8 Å². The Labute approximate surface area is 125 Å². The van der Waals surface area contributed by atoms with Crippen molar-refractivity contribution in [1.82, 2.24) is 5.32 Å². The zero-order valence-corrected chi connectivity index (χ0v) is 13.1. The van der Waals surface area contributed by atoms with E-state index in [-0.39, 0.29) is 11.9 Å². The van der Waals surface area contributed by atoms with Gasteiger partial charge in [-0.05, 0) is 31.1 Å². The molecule has 0 aliphatic heterocycles. The maximum atomic E-state index is 12.5. The Morgan fingerprint density at radius 2 is 2.10 bits per heavy atom. The van der Waals surface area contributed by atoms with E-state index in [0.717, 1.165) is 17.7 Å². The highest BCUT2D eigenvalue weighted by molar-refractivity contribution is 7.99. The molecule has 1 aliphatic rings. The predicted octanol–water partition coefficient (Wildman–Crippen LogP) is 2.65. The molecule has 3 N–H and O–H groups in total. The Morgan fingerprint density at radius 3 is 2.75 bits per heavy atom. The smallest absolute Gasteiger partial charge is 0.244 e. The van der Waals surface area contributed by atoms with Gasteiger partial charge in [-0.1, -0.05) is 43.7 Å². The maximum Gasteiger partial charge on any atom is 0.244 e. The molecule has 4 heteroatoms. The highest BCUT2D eigenvalue weighted by Gasteiger charge is 2.35. The quantitative estimate of drug-likeness (QED) is 0.877. The van der Waals surface area contributed by atoms with Crippen LogP contribution in [0.1, 0.15) is 38.7 Å². The summed E-state index contributed by atoms with van der Waals surface area (Å²) in [7, 11) is 0. The van der Waals surface area contributed by atoms with E-state index in [1.807, 2.05) is 42.1 Å². The van der Waals surface area contributed by atoms with E-state index in [1.54, 1.807) is 6.92 Å². The fourth-order valence-corrected chi connectivity index (χ4v) is 3.94. The van der Waals surface area contributed by atoms with Crippen molar-refractivity contribution in [3.63, 3.8) is 0 Å². The van der Waals surface area contributed by atoms with Gasteiger partial charge in [0.25, 0.3) is 0 Å². The molecule has 0 bridgehead atoms. The molecule has 3 nitrogen and oxygen atoms in total. The lowest BCUT2D eigenvalue weighted by molar-refractivity contribution is -0.126. The van der Waals surface area contributed by atoms with Crippen LogP contribution in [0, 0.1) is 0 Å². The number of carbonyl (C=O) groups is 1. The molecule has 1 aromatic rings. The Bertz CT molecular complexity index is 447. The molecule has 1 amide bonds. The molecule has 0 saturated heterocycles. The van der Waals surface area contributed by atoms with Crippen molar-refractivity contribution in [3.05, 3.63) is 35.9 Å². The van der Waals surface area contributed by atoms with E-state index in [0.29, 0.717) is 5.25 Å². The Kier molecular flexibility index (Phi) is 5.11. The van der Waals surface area contributed by atoms with Gasteiger partial charge < -0.3 is 11.1 Å². The highest BCUT2D eigenvalue weighted by Crippen LogP contribution is 2.30. The molecule has 2 rings (SSSR count). The number of amides is 1. The van der Waals surface area contributed by atoms with Crippen LogP contribution in [0.3, 0.4) is 0 Å². The van der Waals surface area contributed by atoms with Gasteiger partial charge in [0.1, 0.15) is 5.54 Å². The normalized spacial score (nSPS) is 25.1. The standard InChI is InChI=1S/C16H24N2OS/c1-3-20-14-11-7-10-13(14)18-15(19)16(2,17)12-8-5-4-6-9-12/h4-6,8-9,13-14H,3,7,10-11,17H2,1-2H3,(H,18,19). The first-order valence-corrected chi connectivity index (χ1v) is 8.37. The Morgan fingerprint density at radius 1 is 1.40 bits per heavy atom. The second-order valence-corrected chi connectivity index (χ2v) is 7.09. The van der Waals surface area contributed by atoms with Gasteiger partial charge >= 0.3 is 0 Å². The summed E-state index contributed by atoms with van der Waals surface area (Å²) in [5.41, 5.74) is 6.15. The summed E-state index contributed by atoms with van der Waals surface area (Å²) in [5.74, 6) is 1.02. The first-order chi connectivity index (χ1) is 9.55. The van der Waals surface area contributed by atoms with Gasteiger partial charge in [-0.3, -0.25) is 4.79 Å². The molecule has 110 valence electrons. The fraction of sp³-hybridized carbons (Fsp3) is 0.562. The van der Waals surface area contributed by atoms with Gasteiger partial charge in [0.15, 0.2) is 0 Å². The molecule has 3 unspecified atom stereocenters. The minimum atomic E-state index is -0.967. The number of benzene rings is 1. The number of carbonyl (C=O) groups excluding carboxylic acids is 1. The molecule has 1 fully saturated rings. The number of hydrogen-bond acceptors (Lipinski definition) is 3. The summed E-state index contributed by atoms with van der Waals surface area (Å²) in [5, 5.41) is 3.71. The van der Waals surface area contributed by atoms with Crippen LogP contribution in [0.15, 0.2) is 30.3 Å². The van der Waals surface area contributed by atoms with E-state index >= 15 is 0 Å². The molecule has 0 radical (unpaired) electrons. The molecule has 0 heterocycles. The first kappa shape index (κ1) is 15.4. The van der Waals surface area contributed by atoms with Gasteiger partial charge in [0.05, 0.1) is 0 Å². The molecule has 20 heavy (non-hydrogen) atoms. The van der Waals surface area contributed by atoms with E-state index in [2.05, 4.69) is 12.2 Å². The highest BCUT2D eigenvalue weighted by atomic mass is 32.2. The molecule has 0 aromatic heterocycles. The van der Waals surface area contributed by atoms with E-state index < -0.39 is 5.54 Å². The largest absolute Gasteiger partial charge is 0.350 e. The summed E-state index contributed by atoms with van der Waals surface area (Å²) in [6, 6.07) is 9.85. The van der Waals surface area contributed by atoms with Crippen LogP contribution in [0.4, 0.5) is 0 Å². The van der Waals surface area contributed by atoms with E-state index in [9.17, 15) is 4.79 Å². The zero-order chi connectivity index (χ0) is 14.6. The third-order valence-corrected chi connectivity index (χ3v) is 5.32. The van der Waals surface area contributed by atoms with E-state index in [4.69, 9.17) is 5.73 Å². The monoisotopic (exact) mass is 292 g/mol. The van der Waals surface area contributed by atoms with Crippen LogP contribution in [0.5, 0.6) is 0 Å². The fourth-order valence-electron chi connectivity index (χ4n) is 2.74. The summed E-state index contributed by atoms with van der Waals surface area (Å²) in [4.78, 5) is 12.5. The number of nitrogens with two attached hydrogens (primary N) is 1. The maximum absolute atomic E-state index is 12.5. The number of rotatable bonds is 5. The van der Waals surface area contributed by atoms with Crippen molar-refractivity contribution < 1.29 is 4.79 Å². The second kappa shape index (κ2) is 6.64. The van der Waals surface area contributed by atoms with Crippen molar-refractivity contribution in [2.24, 2.45) is 5.73 Å². The summed E-state index contributed by atoms with van der Waals surface area (Å²) in [6.45, 7) is 3.95. The third kappa shape index (κ3) is 3.36. The van der Waals surface area contributed by atoms with Crippen molar-refractivity contribution in [1.29, 1.82) is 0 Å². The van der Waals surface area contributed by atoms with Crippen LogP contribution in [0.2, 0.25) is 0 Å². The lowest BCUT2D eigenvalue weighted by Crippen LogP contribution is -2.53.